The Labute approximate surface area is 110 Å². The number of carbonyl (C=O) groups is 1. The molecule has 4 nitrogen and oxygen atoms in total. The summed E-state index contributed by atoms with van der Waals surface area (Å²) in [7, 11) is 0. The lowest BCUT2D eigenvalue weighted by Crippen LogP contribution is -2.63. The molecule has 0 aromatic heterocycles. The second-order valence-electron chi connectivity index (χ2n) is 6.83. The molecule has 0 unspecified atom stereocenters. The molecule has 4 heteroatoms. The minimum atomic E-state index is -0.940. The summed E-state index contributed by atoms with van der Waals surface area (Å²) < 4.78 is 5.30. The first-order chi connectivity index (χ1) is 8.06. The second-order valence-corrected chi connectivity index (χ2v) is 6.83. The van der Waals surface area contributed by atoms with E-state index in [1.165, 1.54) is 0 Å². The van der Waals surface area contributed by atoms with Crippen molar-refractivity contribution in [3.63, 3.8) is 0 Å². The molecular formula is C14H27NO3. The van der Waals surface area contributed by atoms with Crippen molar-refractivity contribution in [3.05, 3.63) is 0 Å². The van der Waals surface area contributed by atoms with Gasteiger partial charge in [0.05, 0.1) is 11.1 Å². The average molecular weight is 257 g/mol. The summed E-state index contributed by atoms with van der Waals surface area (Å²) in [6.07, 6.45) is 4.38. The molecule has 0 radical (unpaired) electrons. The van der Waals surface area contributed by atoms with E-state index in [0.29, 0.717) is 0 Å². The predicted molar refractivity (Wildman–Crippen MR) is 71.5 cm³/mol. The fraction of sp³-hybridized carbons (Fsp3) is 0.929. The number of hydrogen-bond donors (Lipinski definition) is 2. The molecule has 1 rings (SSSR count). The SMILES string of the molecule is CC(C)(C)OC(=O)NC1(C(C)(C)O)CCCCC1. The van der Waals surface area contributed by atoms with Gasteiger partial charge in [-0.1, -0.05) is 19.3 Å². The maximum atomic E-state index is 11.9. The summed E-state index contributed by atoms with van der Waals surface area (Å²) in [6.45, 7) is 9.03. The second kappa shape index (κ2) is 5.08. The lowest BCUT2D eigenvalue weighted by atomic mass is 9.71. The Kier molecular flexibility index (Phi) is 4.31. The maximum Gasteiger partial charge on any atom is 0.408 e. The van der Waals surface area contributed by atoms with Crippen molar-refractivity contribution in [3.8, 4) is 0 Å². The first-order valence-electron chi connectivity index (χ1n) is 6.79. The van der Waals surface area contributed by atoms with Crippen molar-refractivity contribution in [2.24, 2.45) is 0 Å². The fourth-order valence-corrected chi connectivity index (χ4v) is 2.54. The molecule has 106 valence electrons. The average Bonchev–Trinajstić information content (AvgIpc) is 2.13. The number of ether oxygens (including phenoxy) is 1. The van der Waals surface area contributed by atoms with Crippen LogP contribution in [0.25, 0.3) is 0 Å². The highest BCUT2D eigenvalue weighted by atomic mass is 16.6. The number of nitrogens with one attached hydrogen (secondary N) is 1. The zero-order chi connectivity index (χ0) is 14.0. The molecule has 1 aliphatic rings. The number of alkyl carbamates (subject to hydrolysis) is 1. The molecule has 0 atom stereocenters. The Morgan fingerprint density at radius 2 is 1.61 bits per heavy atom. The van der Waals surface area contributed by atoms with Crippen molar-refractivity contribution < 1.29 is 14.6 Å². The van der Waals surface area contributed by atoms with E-state index in [4.69, 9.17) is 4.74 Å². The third-order valence-electron chi connectivity index (χ3n) is 3.62. The van der Waals surface area contributed by atoms with Gasteiger partial charge in [0.1, 0.15) is 5.60 Å². The van der Waals surface area contributed by atoms with Crippen LogP contribution in [0.5, 0.6) is 0 Å². The van der Waals surface area contributed by atoms with Crippen LogP contribution in [-0.4, -0.2) is 27.9 Å². The van der Waals surface area contributed by atoms with Gasteiger partial charge < -0.3 is 15.2 Å². The van der Waals surface area contributed by atoms with E-state index >= 15 is 0 Å². The Bertz CT molecular complexity index is 293. The first kappa shape index (κ1) is 15.3. The maximum absolute atomic E-state index is 11.9. The Balaban J connectivity index is 2.77. The van der Waals surface area contributed by atoms with E-state index in [2.05, 4.69) is 5.32 Å². The summed E-state index contributed by atoms with van der Waals surface area (Å²) in [5.41, 5.74) is -2.02. The summed E-state index contributed by atoms with van der Waals surface area (Å²) in [5.74, 6) is 0. The Morgan fingerprint density at radius 3 is 2.00 bits per heavy atom. The van der Waals surface area contributed by atoms with Crippen LogP contribution in [0.3, 0.4) is 0 Å². The minimum absolute atomic E-state index is 0.438. The molecule has 0 bridgehead atoms. The lowest BCUT2D eigenvalue weighted by molar-refractivity contribution is -0.0460. The minimum Gasteiger partial charge on any atom is -0.444 e. The molecule has 0 saturated heterocycles. The highest BCUT2D eigenvalue weighted by molar-refractivity contribution is 5.69. The largest absolute Gasteiger partial charge is 0.444 e. The van der Waals surface area contributed by atoms with E-state index in [0.717, 1.165) is 32.1 Å². The van der Waals surface area contributed by atoms with Gasteiger partial charge in [-0.05, 0) is 47.5 Å². The Morgan fingerprint density at radius 1 is 1.11 bits per heavy atom. The molecule has 0 heterocycles. The van der Waals surface area contributed by atoms with Crippen molar-refractivity contribution in [2.45, 2.75) is 83.5 Å². The summed E-state index contributed by atoms with van der Waals surface area (Å²) in [5, 5.41) is 13.3. The third-order valence-corrected chi connectivity index (χ3v) is 3.62. The van der Waals surface area contributed by atoms with E-state index < -0.39 is 22.8 Å². The van der Waals surface area contributed by atoms with Gasteiger partial charge in [-0.15, -0.1) is 0 Å². The summed E-state index contributed by atoms with van der Waals surface area (Å²) >= 11 is 0. The molecule has 2 N–H and O–H groups in total. The summed E-state index contributed by atoms with van der Waals surface area (Å²) in [6, 6.07) is 0. The predicted octanol–water partition coefficient (Wildman–Crippen LogP) is 2.98. The first-order valence-corrected chi connectivity index (χ1v) is 6.79. The zero-order valence-corrected chi connectivity index (χ0v) is 12.3. The lowest BCUT2D eigenvalue weighted by Gasteiger charge is -2.46. The standard InChI is InChI=1S/C14H27NO3/c1-12(2,3)18-11(16)15-14(13(4,5)17)9-7-6-8-10-14/h17H,6-10H2,1-5H3,(H,15,16). The van der Waals surface area contributed by atoms with Crippen molar-refractivity contribution >= 4 is 6.09 Å². The van der Waals surface area contributed by atoms with Gasteiger partial charge in [0.15, 0.2) is 0 Å². The fourth-order valence-electron chi connectivity index (χ4n) is 2.54. The molecule has 1 amide bonds. The van der Waals surface area contributed by atoms with Gasteiger partial charge in [0.2, 0.25) is 0 Å². The van der Waals surface area contributed by atoms with E-state index in [9.17, 15) is 9.90 Å². The van der Waals surface area contributed by atoms with Gasteiger partial charge in [-0.25, -0.2) is 4.79 Å². The smallest absolute Gasteiger partial charge is 0.408 e. The zero-order valence-electron chi connectivity index (χ0n) is 12.3. The van der Waals surface area contributed by atoms with Crippen LogP contribution < -0.4 is 5.32 Å². The molecule has 0 aromatic rings. The topological polar surface area (TPSA) is 58.6 Å². The quantitative estimate of drug-likeness (QED) is 0.799. The van der Waals surface area contributed by atoms with E-state index in [-0.39, 0.29) is 0 Å². The van der Waals surface area contributed by atoms with E-state index in [1.807, 2.05) is 20.8 Å². The normalized spacial score (nSPS) is 20.3. The van der Waals surface area contributed by atoms with Gasteiger partial charge in [-0.3, -0.25) is 0 Å². The number of carbonyl (C=O) groups excluding carboxylic acids is 1. The molecule has 1 saturated carbocycles. The molecule has 0 aliphatic heterocycles. The van der Waals surface area contributed by atoms with Crippen molar-refractivity contribution in [1.29, 1.82) is 0 Å². The van der Waals surface area contributed by atoms with Crippen LogP contribution in [0.1, 0.15) is 66.7 Å². The molecule has 1 fully saturated rings. The van der Waals surface area contributed by atoms with Crippen LogP contribution in [0.4, 0.5) is 4.79 Å². The van der Waals surface area contributed by atoms with E-state index in [1.54, 1.807) is 13.8 Å². The monoisotopic (exact) mass is 257 g/mol. The number of aliphatic hydroxyl groups is 1. The molecule has 0 spiro atoms. The van der Waals surface area contributed by atoms with Gasteiger partial charge >= 0.3 is 6.09 Å². The van der Waals surface area contributed by atoms with Crippen molar-refractivity contribution in [1.82, 2.24) is 5.32 Å². The highest BCUT2D eigenvalue weighted by Gasteiger charge is 2.46. The van der Waals surface area contributed by atoms with Crippen LogP contribution in [-0.2, 0) is 4.74 Å². The summed E-state index contributed by atoms with van der Waals surface area (Å²) in [4.78, 5) is 11.9. The third kappa shape index (κ3) is 3.87. The van der Waals surface area contributed by atoms with Crippen LogP contribution in [0.2, 0.25) is 0 Å². The van der Waals surface area contributed by atoms with Crippen LogP contribution >= 0.6 is 0 Å². The molecule has 18 heavy (non-hydrogen) atoms. The van der Waals surface area contributed by atoms with Crippen molar-refractivity contribution in [2.75, 3.05) is 0 Å². The number of hydrogen-bond acceptors (Lipinski definition) is 3. The Hall–Kier alpha value is -0.770. The van der Waals surface area contributed by atoms with Crippen LogP contribution in [0.15, 0.2) is 0 Å². The highest BCUT2D eigenvalue weighted by Crippen LogP contribution is 2.37. The number of rotatable bonds is 2. The van der Waals surface area contributed by atoms with Gasteiger partial charge in [0, 0.05) is 0 Å². The van der Waals surface area contributed by atoms with Gasteiger partial charge in [0.25, 0.3) is 0 Å². The van der Waals surface area contributed by atoms with Gasteiger partial charge in [-0.2, -0.15) is 0 Å². The molecular weight excluding hydrogens is 230 g/mol. The number of amides is 1. The molecule has 0 aromatic carbocycles. The van der Waals surface area contributed by atoms with Crippen LogP contribution in [0, 0.1) is 0 Å². The molecule has 1 aliphatic carbocycles.